The number of fused-ring (bicyclic) bond motifs is 1. The molecule has 0 saturated carbocycles. The van der Waals surface area contributed by atoms with Gasteiger partial charge < -0.3 is 16.0 Å². The number of primary amides is 1. The number of aromatic nitrogens is 4. The molecule has 1 aliphatic rings. The van der Waals surface area contributed by atoms with Gasteiger partial charge in [-0.15, -0.1) is 15.3 Å². The van der Waals surface area contributed by atoms with Crippen LogP contribution in [-0.2, 0) is 0 Å². The maximum atomic E-state index is 11.4. The zero-order valence-corrected chi connectivity index (χ0v) is 13.7. The van der Waals surface area contributed by atoms with Crippen molar-refractivity contribution in [3.05, 3.63) is 29.0 Å². The number of rotatable bonds is 3. The largest absolute Gasteiger partial charge is 0.364 e. The van der Waals surface area contributed by atoms with E-state index in [1.165, 1.54) is 0 Å². The number of nitrogens with zero attached hydrogens (tertiary/aromatic N) is 5. The standard InChI is InChI=1S/C15H17N7OS/c16-15(23)21-6-1-2-11(8-21)17-12-3-4-13-18-19-14(22(13)20-12)10-5-7-24-9-10/h3-5,7,9,11H,1-2,6,8H2,(H2,16,23)(H,17,20). The first-order valence-corrected chi connectivity index (χ1v) is 8.71. The summed E-state index contributed by atoms with van der Waals surface area (Å²) in [5.41, 5.74) is 7.07. The van der Waals surface area contributed by atoms with Gasteiger partial charge in [-0.05, 0) is 36.4 Å². The number of carbonyl (C=O) groups is 1. The van der Waals surface area contributed by atoms with Crippen molar-refractivity contribution in [3.63, 3.8) is 0 Å². The second kappa shape index (κ2) is 6.08. The van der Waals surface area contributed by atoms with Crippen LogP contribution < -0.4 is 11.1 Å². The van der Waals surface area contributed by atoms with Gasteiger partial charge in [0.25, 0.3) is 0 Å². The lowest BCUT2D eigenvalue weighted by molar-refractivity contribution is 0.192. The van der Waals surface area contributed by atoms with Crippen molar-refractivity contribution < 1.29 is 4.79 Å². The summed E-state index contributed by atoms with van der Waals surface area (Å²) in [7, 11) is 0. The van der Waals surface area contributed by atoms with Gasteiger partial charge in [-0.25, -0.2) is 4.79 Å². The van der Waals surface area contributed by atoms with E-state index in [2.05, 4.69) is 20.6 Å². The van der Waals surface area contributed by atoms with Gasteiger partial charge in [0, 0.05) is 30.1 Å². The number of hydrogen-bond donors (Lipinski definition) is 2. The molecule has 1 saturated heterocycles. The van der Waals surface area contributed by atoms with Crippen molar-refractivity contribution in [2.45, 2.75) is 18.9 Å². The van der Waals surface area contributed by atoms with E-state index in [1.807, 2.05) is 29.0 Å². The molecule has 24 heavy (non-hydrogen) atoms. The highest BCUT2D eigenvalue weighted by Crippen LogP contribution is 2.21. The van der Waals surface area contributed by atoms with E-state index < -0.39 is 0 Å². The van der Waals surface area contributed by atoms with Gasteiger partial charge in [0.2, 0.25) is 0 Å². The van der Waals surface area contributed by atoms with Crippen molar-refractivity contribution in [3.8, 4) is 11.4 Å². The van der Waals surface area contributed by atoms with Crippen molar-refractivity contribution in [2.75, 3.05) is 18.4 Å². The first kappa shape index (κ1) is 14.9. The molecule has 3 aromatic rings. The predicted molar refractivity (Wildman–Crippen MR) is 91.9 cm³/mol. The number of urea groups is 1. The molecule has 0 aromatic carbocycles. The minimum absolute atomic E-state index is 0.136. The number of carbonyl (C=O) groups excluding carboxylic acids is 1. The molecule has 0 spiro atoms. The van der Waals surface area contributed by atoms with Gasteiger partial charge in [0.1, 0.15) is 5.82 Å². The normalized spacial score (nSPS) is 18.0. The number of thiophene rings is 1. The molecule has 1 atom stereocenters. The van der Waals surface area contributed by atoms with Gasteiger partial charge in [-0.1, -0.05) is 0 Å². The molecule has 4 heterocycles. The molecule has 1 aliphatic heterocycles. The monoisotopic (exact) mass is 343 g/mol. The first-order chi connectivity index (χ1) is 11.7. The third-order valence-electron chi connectivity index (χ3n) is 4.13. The number of likely N-dealkylation sites (tertiary alicyclic amines) is 1. The van der Waals surface area contributed by atoms with Crippen LogP contribution in [0, 0.1) is 0 Å². The molecule has 1 unspecified atom stereocenters. The zero-order chi connectivity index (χ0) is 16.5. The Morgan fingerprint density at radius 2 is 2.25 bits per heavy atom. The molecule has 1 fully saturated rings. The van der Waals surface area contributed by atoms with Crippen LogP contribution in [0.1, 0.15) is 12.8 Å². The Morgan fingerprint density at radius 1 is 1.33 bits per heavy atom. The smallest absolute Gasteiger partial charge is 0.314 e. The van der Waals surface area contributed by atoms with E-state index in [1.54, 1.807) is 20.8 Å². The second-order valence-corrected chi connectivity index (χ2v) is 6.57. The molecule has 124 valence electrons. The maximum absolute atomic E-state index is 11.4. The van der Waals surface area contributed by atoms with Crippen molar-refractivity contribution in [1.82, 2.24) is 24.7 Å². The van der Waals surface area contributed by atoms with Crippen LogP contribution >= 0.6 is 11.3 Å². The average molecular weight is 343 g/mol. The molecule has 9 heteroatoms. The van der Waals surface area contributed by atoms with Gasteiger partial charge >= 0.3 is 6.03 Å². The van der Waals surface area contributed by atoms with Crippen molar-refractivity contribution >= 4 is 28.8 Å². The summed E-state index contributed by atoms with van der Waals surface area (Å²) in [5.74, 6) is 1.45. The number of hydrogen-bond acceptors (Lipinski definition) is 6. The van der Waals surface area contributed by atoms with Gasteiger partial charge in [0.15, 0.2) is 11.5 Å². The Bertz CT molecular complexity index is 860. The fraction of sp³-hybridized carbons (Fsp3) is 0.333. The van der Waals surface area contributed by atoms with Gasteiger partial charge in [-0.2, -0.15) is 15.9 Å². The molecule has 8 nitrogen and oxygen atoms in total. The topological polar surface area (TPSA) is 101 Å². The van der Waals surface area contributed by atoms with E-state index in [4.69, 9.17) is 5.73 Å². The lowest BCUT2D eigenvalue weighted by Gasteiger charge is -2.32. The van der Waals surface area contributed by atoms with Gasteiger partial charge in [-0.3, -0.25) is 0 Å². The number of nitrogens with one attached hydrogen (secondary N) is 1. The van der Waals surface area contributed by atoms with E-state index in [9.17, 15) is 4.79 Å². The molecule has 0 bridgehead atoms. The zero-order valence-electron chi connectivity index (χ0n) is 12.9. The van der Waals surface area contributed by atoms with E-state index in [0.29, 0.717) is 18.7 Å². The first-order valence-electron chi connectivity index (χ1n) is 7.76. The third kappa shape index (κ3) is 2.78. The summed E-state index contributed by atoms with van der Waals surface area (Å²) < 4.78 is 1.74. The van der Waals surface area contributed by atoms with Crippen LogP contribution in [0.4, 0.5) is 10.6 Å². The fourth-order valence-electron chi connectivity index (χ4n) is 2.94. The summed E-state index contributed by atoms with van der Waals surface area (Å²) in [6.45, 7) is 1.31. The lowest BCUT2D eigenvalue weighted by atomic mass is 10.1. The Balaban J connectivity index is 1.59. The minimum atomic E-state index is -0.372. The molecule has 2 amide bonds. The van der Waals surface area contributed by atoms with Crippen LogP contribution in [0.2, 0.25) is 0 Å². The molecule has 3 N–H and O–H groups in total. The number of amides is 2. The Morgan fingerprint density at radius 3 is 3.04 bits per heavy atom. The predicted octanol–water partition coefficient (Wildman–Crippen LogP) is 1.81. The maximum Gasteiger partial charge on any atom is 0.314 e. The highest BCUT2D eigenvalue weighted by atomic mass is 32.1. The fourth-order valence-corrected chi connectivity index (χ4v) is 3.58. The van der Waals surface area contributed by atoms with Crippen LogP contribution in [0.5, 0.6) is 0 Å². The minimum Gasteiger partial charge on any atom is -0.364 e. The summed E-state index contributed by atoms with van der Waals surface area (Å²) in [4.78, 5) is 13.0. The molecule has 3 aromatic heterocycles. The molecule has 0 radical (unpaired) electrons. The summed E-state index contributed by atoms with van der Waals surface area (Å²) >= 11 is 1.61. The van der Waals surface area contributed by atoms with E-state index >= 15 is 0 Å². The Kier molecular flexibility index (Phi) is 3.77. The highest BCUT2D eigenvalue weighted by Gasteiger charge is 2.22. The highest BCUT2D eigenvalue weighted by molar-refractivity contribution is 7.08. The van der Waals surface area contributed by atoms with Crippen molar-refractivity contribution in [1.29, 1.82) is 0 Å². The quantitative estimate of drug-likeness (QED) is 0.755. The molecule has 0 aliphatic carbocycles. The molecular formula is C15H17N7OS. The Labute approximate surface area is 142 Å². The summed E-state index contributed by atoms with van der Waals surface area (Å²) in [6, 6.07) is 5.52. The van der Waals surface area contributed by atoms with Crippen molar-refractivity contribution in [2.24, 2.45) is 5.73 Å². The van der Waals surface area contributed by atoms with Gasteiger partial charge in [0.05, 0.1) is 0 Å². The molecule has 4 rings (SSSR count). The SMILES string of the molecule is NC(=O)N1CCCC(Nc2ccc3nnc(-c4ccsc4)n3n2)C1. The van der Waals surface area contributed by atoms with E-state index in [0.717, 1.165) is 30.0 Å². The number of nitrogens with two attached hydrogens (primary N) is 1. The number of anilines is 1. The van der Waals surface area contributed by atoms with E-state index in [-0.39, 0.29) is 12.1 Å². The lowest BCUT2D eigenvalue weighted by Crippen LogP contribution is -2.47. The van der Waals surface area contributed by atoms with Crippen LogP contribution in [0.25, 0.3) is 17.0 Å². The summed E-state index contributed by atoms with van der Waals surface area (Å²) in [6.07, 6.45) is 1.90. The summed E-state index contributed by atoms with van der Waals surface area (Å²) in [5, 5.41) is 20.4. The van der Waals surface area contributed by atoms with Crippen LogP contribution in [-0.4, -0.2) is 49.9 Å². The molecular weight excluding hydrogens is 326 g/mol. The number of piperidine rings is 1. The van der Waals surface area contributed by atoms with Crippen LogP contribution in [0.15, 0.2) is 29.0 Å². The third-order valence-corrected chi connectivity index (χ3v) is 4.81. The van der Waals surface area contributed by atoms with Crippen LogP contribution in [0.3, 0.4) is 0 Å². The Hall–Kier alpha value is -2.68. The second-order valence-electron chi connectivity index (χ2n) is 5.79. The average Bonchev–Trinajstić information content (AvgIpc) is 3.23.